The maximum absolute atomic E-state index is 12.6. The Morgan fingerprint density at radius 3 is 2.50 bits per heavy atom. The highest BCUT2D eigenvalue weighted by Gasteiger charge is 2.23. The number of nitrogens with one attached hydrogen (secondary N) is 1. The van der Waals surface area contributed by atoms with Crippen molar-refractivity contribution >= 4 is 17.9 Å². The lowest BCUT2D eigenvalue weighted by Gasteiger charge is -2.29. The Kier molecular flexibility index (Phi) is 7.54. The van der Waals surface area contributed by atoms with Gasteiger partial charge in [0.05, 0.1) is 25.5 Å². The van der Waals surface area contributed by atoms with Crippen LogP contribution in [0.1, 0.15) is 23.6 Å². The number of carbonyl (C=O) groups excluding carboxylic acids is 2. The Labute approximate surface area is 200 Å². The van der Waals surface area contributed by atoms with Crippen molar-refractivity contribution in [1.82, 2.24) is 20.0 Å². The monoisotopic (exact) mass is 458 g/mol. The Morgan fingerprint density at radius 2 is 1.79 bits per heavy atom. The minimum Gasteiger partial charge on any atom is -0.378 e. The summed E-state index contributed by atoms with van der Waals surface area (Å²) in [6.07, 6.45) is 5.16. The number of benzene rings is 2. The summed E-state index contributed by atoms with van der Waals surface area (Å²) in [6.45, 7) is 6.54. The molecule has 1 atom stereocenters. The summed E-state index contributed by atoms with van der Waals surface area (Å²) in [5.74, 6) is -0.416. The summed E-state index contributed by atoms with van der Waals surface area (Å²) in [4.78, 5) is 26.9. The van der Waals surface area contributed by atoms with Crippen molar-refractivity contribution in [3.05, 3.63) is 83.6 Å². The van der Waals surface area contributed by atoms with E-state index in [1.807, 2.05) is 60.3 Å². The highest BCUT2D eigenvalue weighted by Crippen LogP contribution is 2.24. The molecule has 0 saturated carbocycles. The molecule has 1 fully saturated rings. The molecule has 1 aliphatic rings. The van der Waals surface area contributed by atoms with Crippen molar-refractivity contribution in [2.75, 3.05) is 26.3 Å². The molecule has 1 saturated heterocycles. The molecule has 176 valence electrons. The molecule has 2 heterocycles. The van der Waals surface area contributed by atoms with Crippen LogP contribution in [0.2, 0.25) is 0 Å². The zero-order chi connectivity index (χ0) is 23.9. The number of carbonyl (C=O) groups is 2. The van der Waals surface area contributed by atoms with Gasteiger partial charge in [-0.2, -0.15) is 5.10 Å². The van der Waals surface area contributed by atoms with Gasteiger partial charge in [-0.15, -0.1) is 0 Å². The van der Waals surface area contributed by atoms with E-state index in [4.69, 9.17) is 9.84 Å². The van der Waals surface area contributed by atoms with Crippen molar-refractivity contribution < 1.29 is 14.3 Å². The van der Waals surface area contributed by atoms with Crippen LogP contribution >= 0.6 is 0 Å². The lowest BCUT2D eigenvalue weighted by atomic mass is 10.1. The second-order valence-corrected chi connectivity index (χ2v) is 8.48. The fourth-order valence-corrected chi connectivity index (χ4v) is 3.89. The summed E-state index contributed by atoms with van der Waals surface area (Å²) in [7, 11) is 0. The largest absolute Gasteiger partial charge is 0.378 e. The summed E-state index contributed by atoms with van der Waals surface area (Å²) in [6, 6.07) is 17.7. The van der Waals surface area contributed by atoms with E-state index in [9.17, 15) is 9.59 Å². The standard InChI is InChI=1S/C27H30N4O3/c1-20-8-10-23(11-9-20)26-24(19-31(29-26)18-22-6-4-3-5-7-22)12-13-25(32)28-21(2)27(33)30-14-16-34-17-15-30/h3-13,19,21H,14-18H2,1-2H3,(H,28,32)/b13-12+. The van der Waals surface area contributed by atoms with Gasteiger partial charge in [-0.25, -0.2) is 0 Å². The number of aromatic nitrogens is 2. The molecule has 0 spiro atoms. The topological polar surface area (TPSA) is 76.5 Å². The van der Waals surface area contributed by atoms with Crippen LogP contribution in [-0.2, 0) is 20.9 Å². The molecule has 1 N–H and O–H groups in total. The SMILES string of the molecule is Cc1ccc(-c2nn(Cc3ccccc3)cc2/C=C/C(=O)NC(C)C(=O)N2CCOCC2)cc1. The van der Waals surface area contributed by atoms with Crippen LogP contribution in [-0.4, -0.2) is 58.8 Å². The number of ether oxygens (including phenoxy) is 1. The van der Waals surface area contributed by atoms with Crippen LogP contribution in [0.25, 0.3) is 17.3 Å². The second-order valence-electron chi connectivity index (χ2n) is 8.48. The van der Waals surface area contributed by atoms with Crippen LogP contribution in [0.3, 0.4) is 0 Å². The Balaban J connectivity index is 1.50. The van der Waals surface area contributed by atoms with Gasteiger partial charge in [-0.3, -0.25) is 14.3 Å². The van der Waals surface area contributed by atoms with Crippen LogP contribution in [0.4, 0.5) is 0 Å². The second kappa shape index (κ2) is 10.9. The van der Waals surface area contributed by atoms with Crippen molar-refractivity contribution in [1.29, 1.82) is 0 Å². The number of amides is 2. The number of aryl methyl sites for hydroxylation is 1. The summed E-state index contributed by atoms with van der Waals surface area (Å²) in [5.41, 5.74) is 4.93. The molecule has 1 unspecified atom stereocenters. The van der Waals surface area contributed by atoms with Gasteiger partial charge in [0.25, 0.3) is 0 Å². The molecule has 1 aromatic heterocycles. The van der Waals surface area contributed by atoms with E-state index >= 15 is 0 Å². The van der Waals surface area contributed by atoms with Gasteiger partial charge in [0.2, 0.25) is 11.8 Å². The van der Waals surface area contributed by atoms with E-state index in [0.717, 1.165) is 22.4 Å². The first kappa shape index (κ1) is 23.4. The molecule has 2 amide bonds. The molecule has 7 nitrogen and oxygen atoms in total. The third-order valence-corrected chi connectivity index (χ3v) is 5.77. The molecule has 0 bridgehead atoms. The van der Waals surface area contributed by atoms with Gasteiger partial charge >= 0.3 is 0 Å². The molecular weight excluding hydrogens is 428 g/mol. The fourth-order valence-electron chi connectivity index (χ4n) is 3.89. The third kappa shape index (κ3) is 5.99. The summed E-state index contributed by atoms with van der Waals surface area (Å²) < 4.78 is 7.17. The van der Waals surface area contributed by atoms with E-state index in [1.165, 1.54) is 11.6 Å². The molecule has 4 rings (SSSR count). The molecular formula is C27H30N4O3. The van der Waals surface area contributed by atoms with Gasteiger partial charge in [-0.05, 0) is 25.5 Å². The zero-order valence-corrected chi connectivity index (χ0v) is 19.6. The van der Waals surface area contributed by atoms with E-state index in [2.05, 4.69) is 17.4 Å². The van der Waals surface area contributed by atoms with Gasteiger partial charge in [0, 0.05) is 36.5 Å². The quantitative estimate of drug-likeness (QED) is 0.552. The predicted molar refractivity (Wildman–Crippen MR) is 132 cm³/mol. The van der Waals surface area contributed by atoms with Crippen molar-refractivity contribution in [3.63, 3.8) is 0 Å². The minimum atomic E-state index is -0.604. The smallest absolute Gasteiger partial charge is 0.245 e. The number of hydrogen-bond donors (Lipinski definition) is 1. The van der Waals surface area contributed by atoms with Gasteiger partial charge in [0.1, 0.15) is 6.04 Å². The van der Waals surface area contributed by atoms with Gasteiger partial charge < -0.3 is 15.0 Å². The predicted octanol–water partition coefficient (Wildman–Crippen LogP) is 3.28. The molecule has 0 aliphatic carbocycles. The molecule has 34 heavy (non-hydrogen) atoms. The van der Waals surface area contributed by atoms with Crippen LogP contribution in [0, 0.1) is 6.92 Å². The first-order valence-corrected chi connectivity index (χ1v) is 11.5. The average Bonchev–Trinajstić information content (AvgIpc) is 3.26. The number of nitrogens with zero attached hydrogens (tertiary/aromatic N) is 3. The Morgan fingerprint density at radius 1 is 1.09 bits per heavy atom. The molecule has 0 radical (unpaired) electrons. The fraction of sp³-hybridized carbons (Fsp3) is 0.296. The lowest BCUT2D eigenvalue weighted by Crippen LogP contribution is -2.50. The molecule has 7 heteroatoms. The zero-order valence-electron chi connectivity index (χ0n) is 19.6. The van der Waals surface area contributed by atoms with E-state index in [0.29, 0.717) is 32.8 Å². The van der Waals surface area contributed by atoms with Gasteiger partial charge in [0.15, 0.2) is 0 Å². The van der Waals surface area contributed by atoms with Crippen molar-refractivity contribution in [3.8, 4) is 11.3 Å². The molecule has 2 aromatic carbocycles. The maximum Gasteiger partial charge on any atom is 0.245 e. The highest BCUT2D eigenvalue weighted by atomic mass is 16.5. The Hall–Kier alpha value is -3.71. The van der Waals surface area contributed by atoms with Crippen molar-refractivity contribution in [2.24, 2.45) is 0 Å². The van der Waals surface area contributed by atoms with Crippen LogP contribution in [0.15, 0.2) is 66.9 Å². The number of hydrogen-bond acceptors (Lipinski definition) is 4. The van der Waals surface area contributed by atoms with Crippen molar-refractivity contribution in [2.45, 2.75) is 26.4 Å². The van der Waals surface area contributed by atoms with E-state index in [1.54, 1.807) is 17.9 Å². The number of morpholine rings is 1. The first-order valence-electron chi connectivity index (χ1n) is 11.5. The number of rotatable bonds is 7. The van der Waals surface area contributed by atoms with Crippen LogP contribution in [0.5, 0.6) is 0 Å². The highest BCUT2D eigenvalue weighted by molar-refractivity contribution is 5.96. The third-order valence-electron chi connectivity index (χ3n) is 5.77. The normalized spacial score (nSPS) is 14.8. The maximum atomic E-state index is 12.6. The summed E-state index contributed by atoms with van der Waals surface area (Å²) >= 11 is 0. The Bertz CT molecular complexity index is 1150. The molecule has 3 aromatic rings. The summed E-state index contributed by atoms with van der Waals surface area (Å²) in [5, 5.41) is 7.57. The average molecular weight is 459 g/mol. The van der Waals surface area contributed by atoms with E-state index in [-0.39, 0.29) is 11.8 Å². The lowest BCUT2D eigenvalue weighted by molar-refractivity contribution is -0.138. The first-order chi connectivity index (χ1) is 16.5. The minimum absolute atomic E-state index is 0.0962. The van der Waals surface area contributed by atoms with Crippen LogP contribution < -0.4 is 5.32 Å². The molecule has 1 aliphatic heterocycles. The van der Waals surface area contributed by atoms with E-state index < -0.39 is 6.04 Å². The van der Waals surface area contributed by atoms with Gasteiger partial charge in [-0.1, -0.05) is 60.2 Å².